The summed E-state index contributed by atoms with van der Waals surface area (Å²) in [5.74, 6) is 0. The molecule has 0 aliphatic heterocycles. The van der Waals surface area contributed by atoms with Crippen molar-refractivity contribution < 1.29 is 4.79 Å². The molecule has 0 saturated heterocycles. The van der Waals surface area contributed by atoms with Crippen molar-refractivity contribution >= 4 is 34.3 Å². The van der Waals surface area contributed by atoms with E-state index in [4.69, 9.17) is 11.6 Å². The number of hydrogen-bond donors (Lipinski definition) is 0. The van der Waals surface area contributed by atoms with Crippen molar-refractivity contribution in [2.75, 3.05) is 11.4 Å². The fourth-order valence-electron chi connectivity index (χ4n) is 1.86. The van der Waals surface area contributed by atoms with E-state index in [1.165, 1.54) is 11.8 Å². The number of anilines is 1. The SMILES string of the molecule is CCN(C(=O)SC(C)(C)C)c1cn(-c2cccnc2)nc1Cl. The molecular formula is C15H19ClN4OS. The highest BCUT2D eigenvalue weighted by molar-refractivity contribution is 8.15. The second-order valence-electron chi connectivity index (χ2n) is 5.69. The average molecular weight is 339 g/mol. The van der Waals surface area contributed by atoms with Gasteiger partial charge in [0.15, 0.2) is 5.15 Å². The standard InChI is InChI=1S/C15H19ClN4OS/c1-5-19(14(21)22-15(2,3)4)12-10-20(18-13(12)16)11-7-6-8-17-9-11/h6-10H,5H2,1-4H3. The van der Waals surface area contributed by atoms with Gasteiger partial charge in [0.2, 0.25) is 0 Å². The molecule has 2 aromatic rings. The van der Waals surface area contributed by atoms with E-state index in [1.807, 2.05) is 39.8 Å². The maximum atomic E-state index is 12.5. The predicted octanol–water partition coefficient (Wildman–Crippen LogP) is 4.40. The van der Waals surface area contributed by atoms with E-state index in [0.29, 0.717) is 17.4 Å². The zero-order valence-corrected chi connectivity index (χ0v) is 14.6. The largest absolute Gasteiger partial charge is 0.299 e. The van der Waals surface area contributed by atoms with Crippen LogP contribution in [0.4, 0.5) is 10.5 Å². The van der Waals surface area contributed by atoms with Crippen molar-refractivity contribution in [3.8, 4) is 5.69 Å². The van der Waals surface area contributed by atoms with Gasteiger partial charge in [0.25, 0.3) is 5.24 Å². The van der Waals surface area contributed by atoms with E-state index in [2.05, 4.69) is 10.1 Å². The first-order valence-corrected chi connectivity index (χ1v) is 8.17. The van der Waals surface area contributed by atoms with Gasteiger partial charge in [0, 0.05) is 17.5 Å². The fraction of sp³-hybridized carbons (Fsp3) is 0.400. The highest BCUT2D eigenvalue weighted by Crippen LogP contribution is 2.32. The van der Waals surface area contributed by atoms with Crippen LogP contribution in [0, 0.1) is 0 Å². The molecule has 7 heteroatoms. The second-order valence-corrected chi connectivity index (χ2v) is 7.82. The summed E-state index contributed by atoms with van der Waals surface area (Å²) in [6.45, 7) is 8.46. The van der Waals surface area contributed by atoms with Crippen LogP contribution in [0.15, 0.2) is 30.7 Å². The first kappa shape index (κ1) is 16.8. The van der Waals surface area contributed by atoms with Gasteiger partial charge >= 0.3 is 0 Å². The van der Waals surface area contributed by atoms with Gasteiger partial charge in [-0.25, -0.2) is 4.68 Å². The molecule has 0 bridgehead atoms. The molecule has 0 atom stereocenters. The van der Waals surface area contributed by atoms with E-state index < -0.39 is 0 Å². The molecule has 2 heterocycles. The number of nitrogens with zero attached hydrogens (tertiary/aromatic N) is 4. The Hall–Kier alpha value is -1.53. The number of rotatable bonds is 3. The Morgan fingerprint density at radius 1 is 1.45 bits per heavy atom. The Balaban J connectivity index is 2.31. The number of pyridine rings is 1. The molecule has 0 aliphatic rings. The minimum atomic E-state index is -0.156. The lowest BCUT2D eigenvalue weighted by Gasteiger charge is -2.23. The quantitative estimate of drug-likeness (QED) is 0.832. The molecule has 0 aromatic carbocycles. The highest BCUT2D eigenvalue weighted by atomic mass is 35.5. The van der Waals surface area contributed by atoms with Gasteiger partial charge in [-0.2, -0.15) is 5.10 Å². The molecule has 1 amide bonds. The molecule has 5 nitrogen and oxygen atoms in total. The van der Waals surface area contributed by atoms with Crippen LogP contribution in [0.5, 0.6) is 0 Å². The molecule has 2 aromatic heterocycles. The Morgan fingerprint density at radius 3 is 2.73 bits per heavy atom. The Kier molecular flexibility index (Phi) is 5.13. The van der Waals surface area contributed by atoms with E-state index in [-0.39, 0.29) is 9.99 Å². The van der Waals surface area contributed by atoms with Crippen LogP contribution in [0.25, 0.3) is 5.69 Å². The van der Waals surface area contributed by atoms with Gasteiger partial charge in [-0.15, -0.1) is 0 Å². The van der Waals surface area contributed by atoms with Gasteiger partial charge in [-0.1, -0.05) is 44.1 Å². The number of amides is 1. The molecular weight excluding hydrogens is 320 g/mol. The van der Waals surface area contributed by atoms with Crippen LogP contribution >= 0.6 is 23.4 Å². The first-order valence-electron chi connectivity index (χ1n) is 6.98. The second kappa shape index (κ2) is 6.71. The normalized spacial score (nSPS) is 11.5. The maximum Gasteiger partial charge on any atom is 0.286 e. The fourth-order valence-corrected chi connectivity index (χ4v) is 2.95. The number of hydrogen-bond acceptors (Lipinski definition) is 4. The van der Waals surface area contributed by atoms with E-state index in [0.717, 1.165) is 5.69 Å². The molecule has 2 rings (SSSR count). The summed E-state index contributed by atoms with van der Waals surface area (Å²) in [6, 6.07) is 3.70. The van der Waals surface area contributed by atoms with Crippen LogP contribution in [0.3, 0.4) is 0 Å². The van der Waals surface area contributed by atoms with E-state index >= 15 is 0 Å². The monoisotopic (exact) mass is 338 g/mol. The third kappa shape index (κ3) is 4.01. The van der Waals surface area contributed by atoms with Crippen molar-refractivity contribution in [3.05, 3.63) is 35.9 Å². The van der Waals surface area contributed by atoms with E-state index in [9.17, 15) is 4.79 Å². The number of thioether (sulfide) groups is 1. The molecule has 0 radical (unpaired) electrons. The maximum absolute atomic E-state index is 12.5. The van der Waals surface area contributed by atoms with Crippen molar-refractivity contribution in [2.45, 2.75) is 32.4 Å². The summed E-state index contributed by atoms with van der Waals surface area (Å²) in [5.41, 5.74) is 1.40. The molecule has 0 spiro atoms. The van der Waals surface area contributed by atoms with Crippen LogP contribution in [-0.2, 0) is 0 Å². The minimum absolute atomic E-state index is 0.0392. The zero-order valence-electron chi connectivity index (χ0n) is 13.1. The zero-order chi connectivity index (χ0) is 16.3. The van der Waals surface area contributed by atoms with Crippen LogP contribution in [0.1, 0.15) is 27.7 Å². The topological polar surface area (TPSA) is 51.0 Å². The third-order valence-electron chi connectivity index (χ3n) is 2.78. The molecule has 0 N–H and O–H groups in total. The molecule has 118 valence electrons. The van der Waals surface area contributed by atoms with Crippen molar-refractivity contribution in [2.24, 2.45) is 0 Å². The number of carbonyl (C=O) groups excluding carboxylic acids is 1. The minimum Gasteiger partial charge on any atom is -0.299 e. The highest BCUT2D eigenvalue weighted by Gasteiger charge is 2.25. The van der Waals surface area contributed by atoms with Gasteiger partial charge in [-0.3, -0.25) is 14.7 Å². The molecule has 0 aliphatic carbocycles. The van der Waals surface area contributed by atoms with Crippen LogP contribution in [0.2, 0.25) is 5.15 Å². The number of carbonyl (C=O) groups is 1. The summed E-state index contributed by atoms with van der Waals surface area (Å²) in [5, 5.41) is 4.53. The van der Waals surface area contributed by atoms with Crippen molar-refractivity contribution in [1.82, 2.24) is 14.8 Å². The van der Waals surface area contributed by atoms with Crippen LogP contribution in [-0.4, -0.2) is 31.3 Å². The summed E-state index contributed by atoms with van der Waals surface area (Å²) in [6.07, 6.45) is 5.14. The Labute approximate surface area is 139 Å². The lowest BCUT2D eigenvalue weighted by atomic mass is 10.3. The Morgan fingerprint density at radius 2 is 2.18 bits per heavy atom. The molecule has 0 unspecified atom stereocenters. The lowest BCUT2D eigenvalue weighted by Crippen LogP contribution is -2.30. The van der Waals surface area contributed by atoms with E-state index in [1.54, 1.807) is 28.2 Å². The lowest BCUT2D eigenvalue weighted by molar-refractivity contribution is 0.265. The average Bonchev–Trinajstić information content (AvgIpc) is 2.81. The summed E-state index contributed by atoms with van der Waals surface area (Å²) >= 11 is 7.51. The predicted molar refractivity (Wildman–Crippen MR) is 92.1 cm³/mol. The van der Waals surface area contributed by atoms with Crippen molar-refractivity contribution in [3.63, 3.8) is 0 Å². The van der Waals surface area contributed by atoms with Gasteiger partial charge in [-0.05, 0) is 19.1 Å². The molecule has 0 fully saturated rings. The molecule has 22 heavy (non-hydrogen) atoms. The smallest absolute Gasteiger partial charge is 0.286 e. The summed E-state index contributed by atoms with van der Waals surface area (Å²) in [4.78, 5) is 18.2. The number of aromatic nitrogens is 3. The summed E-state index contributed by atoms with van der Waals surface area (Å²) in [7, 11) is 0. The van der Waals surface area contributed by atoms with Crippen molar-refractivity contribution in [1.29, 1.82) is 0 Å². The first-order chi connectivity index (χ1) is 10.3. The molecule has 0 saturated carbocycles. The Bertz CT molecular complexity index is 651. The summed E-state index contributed by atoms with van der Waals surface area (Å²) < 4.78 is 1.47. The van der Waals surface area contributed by atoms with Gasteiger partial charge in [0.05, 0.1) is 18.1 Å². The third-order valence-corrected chi connectivity index (χ3v) is 4.06. The number of halogens is 1. The van der Waals surface area contributed by atoms with Gasteiger partial charge in [0.1, 0.15) is 5.69 Å². The van der Waals surface area contributed by atoms with Crippen LogP contribution < -0.4 is 4.90 Å². The van der Waals surface area contributed by atoms with Gasteiger partial charge < -0.3 is 0 Å².